The summed E-state index contributed by atoms with van der Waals surface area (Å²) < 4.78 is 5.09. The van der Waals surface area contributed by atoms with Gasteiger partial charge in [0.25, 0.3) is 0 Å². The number of nitrogens with one attached hydrogen (secondary N) is 1. The van der Waals surface area contributed by atoms with Gasteiger partial charge in [0.15, 0.2) is 0 Å². The summed E-state index contributed by atoms with van der Waals surface area (Å²) in [4.78, 5) is 25.2. The first-order valence-corrected chi connectivity index (χ1v) is 13.0. The molecule has 1 N–H and O–H groups in total. The summed E-state index contributed by atoms with van der Waals surface area (Å²) in [7, 11) is 1.62. The first-order chi connectivity index (χ1) is 17.6. The summed E-state index contributed by atoms with van der Waals surface area (Å²) in [5.41, 5.74) is 5.74. The van der Waals surface area contributed by atoms with Crippen molar-refractivity contribution in [3.63, 3.8) is 0 Å². The Morgan fingerprint density at radius 2 is 1.68 bits per heavy atom. The van der Waals surface area contributed by atoms with Gasteiger partial charge < -0.3 is 14.8 Å². The molecule has 0 fully saturated rings. The quantitative estimate of drug-likeness (QED) is 0.331. The molecule has 2 aromatic carbocycles. The fourth-order valence-corrected chi connectivity index (χ4v) is 3.19. The Morgan fingerprint density at radius 3 is 2.22 bits per heavy atom. The Kier molecular flexibility index (Phi) is 17.0. The number of ether oxygens (including phenoxy) is 1. The molecular weight excluding hydrogens is 460 g/mol. The van der Waals surface area contributed by atoms with Crippen LogP contribution >= 0.6 is 0 Å². The largest absolute Gasteiger partial charge is 0.497 e. The number of amides is 1. The molecule has 0 atom stereocenters. The minimum Gasteiger partial charge on any atom is -0.497 e. The summed E-state index contributed by atoms with van der Waals surface area (Å²) in [6.07, 6.45) is 4.81. The number of ketones is 1. The number of nitrogens with zero attached hydrogens (tertiary/aromatic N) is 1. The smallest absolute Gasteiger partial charge is 0.217 e. The van der Waals surface area contributed by atoms with Crippen LogP contribution in [-0.2, 0) is 20.9 Å². The van der Waals surface area contributed by atoms with Crippen molar-refractivity contribution in [1.29, 1.82) is 0 Å². The van der Waals surface area contributed by atoms with Gasteiger partial charge in [0.1, 0.15) is 11.5 Å². The highest BCUT2D eigenvalue weighted by Crippen LogP contribution is 2.20. The van der Waals surface area contributed by atoms with Gasteiger partial charge in [0, 0.05) is 42.7 Å². The average molecular weight is 507 g/mol. The zero-order valence-corrected chi connectivity index (χ0v) is 24.3. The lowest BCUT2D eigenvalue weighted by Crippen LogP contribution is -2.19. The van der Waals surface area contributed by atoms with Crippen LogP contribution in [0.1, 0.15) is 81.8 Å². The number of aromatic nitrogens is 1. The van der Waals surface area contributed by atoms with E-state index in [9.17, 15) is 9.59 Å². The van der Waals surface area contributed by atoms with Gasteiger partial charge in [-0.2, -0.15) is 0 Å². The molecule has 1 aromatic heterocycles. The third kappa shape index (κ3) is 13.4. The van der Waals surface area contributed by atoms with Crippen molar-refractivity contribution in [2.75, 3.05) is 7.11 Å². The second-order valence-electron chi connectivity index (χ2n) is 8.59. The maximum Gasteiger partial charge on any atom is 0.217 e. The molecule has 0 radical (unpaired) electrons. The van der Waals surface area contributed by atoms with Crippen LogP contribution in [0, 0.1) is 20.8 Å². The van der Waals surface area contributed by atoms with Crippen LogP contribution in [0.5, 0.6) is 0 Å². The highest BCUT2D eigenvalue weighted by atomic mass is 16.5. The number of unbranched alkanes of at least 4 members (excludes halogenated alkanes) is 1. The number of pyridine rings is 1. The van der Waals surface area contributed by atoms with Gasteiger partial charge in [-0.3, -0.25) is 9.78 Å². The molecule has 3 aromatic rings. The minimum atomic E-state index is 0.0147. The van der Waals surface area contributed by atoms with Crippen LogP contribution in [0.25, 0.3) is 16.5 Å². The van der Waals surface area contributed by atoms with Gasteiger partial charge in [-0.1, -0.05) is 64.1 Å². The van der Waals surface area contributed by atoms with E-state index in [0.29, 0.717) is 18.1 Å². The molecule has 0 aliphatic heterocycles. The second kappa shape index (κ2) is 18.8. The van der Waals surface area contributed by atoms with Crippen molar-refractivity contribution in [3.05, 3.63) is 83.2 Å². The van der Waals surface area contributed by atoms with Crippen molar-refractivity contribution < 1.29 is 14.3 Å². The Balaban J connectivity index is 0.000000539. The van der Waals surface area contributed by atoms with Crippen LogP contribution in [0.3, 0.4) is 0 Å². The molecule has 0 bridgehead atoms. The molecule has 202 valence electrons. The second-order valence-corrected chi connectivity index (χ2v) is 8.59. The normalized spacial score (nSPS) is 9.43. The molecule has 0 aliphatic carbocycles. The predicted octanol–water partition coefficient (Wildman–Crippen LogP) is 7.89. The van der Waals surface area contributed by atoms with Gasteiger partial charge in [0.2, 0.25) is 5.91 Å². The maximum atomic E-state index is 10.7. The van der Waals surface area contributed by atoms with Crippen molar-refractivity contribution in [2.24, 2.45) is 0 Å². The number of rotatable bonds is 7. The summed E-state index contributed by atoms with van der Waals surface area (Å²) in [6.45, 7) is 19.8. The van der Waals surface area contributed by atoms with E-state index in [0.717, 1.165) is 35.9 Å². The summed E-state index contributed by atoms with van der Waals surface area (Å²) in [6, 6.07) is 14.3. The third-order valence-electron chi connectivity index (χ3n) is 5.55. The molecule has 0 saturated carbocycles. The molecule has 5 heteroatoms. The zero-order valence-electron chi connectivity index (χ0n) is 24.3. The Hall–Kier alpha value is -3.47. The first-order valence-electron chi connectivity index (χ1n) is 13.0. The fourth-order valence-electron chi connectivity index (χ4n) is 3.19. The standard InChI is InChI=1S/C13H13NO.C11H15NO.C6H12O.C2H6/c1-9-6-12-5-4-11(10(2)15-3)7-13(12)8-14-9;1-8-5-4-6-11(9(8)2)7-12-10(3)13;1-3-4-5-6(2)7;1-2/h4-8H,2H2,1,3H3;4-6H,7H2,1-3H3,(H,12,13);3-5H2,1-2H3;1-2H3. The topological polar surface area (TPSA) is 68.3 Å². The van der Waals surface area contributed by atoms with E-state index in [1.165, 1.54) is 29.0 Å². The van der Waals surface area contributed by atoms with Crippen LogP contribution in [0.15, 0.2) is 55.2 Å². The number of aryl methyl sites for hydroxylation is 2. The number of benzene rings is 2. The lowest BCUT2D eigenvalue weighted by molar-refractivity contribution is -0.119. The maximum absolute atomic E-state index is 10.7. The van der Waals surface area contributed by atoms with E-state index in [1.54, 1.807) is 14.0 Å². The number of hydrogen-bond donors (Lipinski definition) is 1. The summed E-state index contributed by atoms with van der Waals surface area (Å²) in [5, 5.41) is 5.09. The monoisotopic (exact) mass is 506 g/mol. The Bertz CT molecular complexity index is 1140. The molecule has 0 aliphatic rings. The SMILES string of the molecule is C=C(OC)c1ccc2cc(C)ncc2c1.CC.CC(=O)NCc1cccc(C)c1C.CCCCC(C)=O. The molecule has 5 nitrogen and oxygen atoms in total. The van der Waals surface area contributed by atoms with Crippen LogP contribution in [0.2, 0.25) is 0 Å². The highest BCUT2D eigenvalue weighted by Gasteiger charge is 2.01. The summed E-state index contributed by atoms with van der Waals surface area (Å²) in [5.74, 6) is 1.00. The molecule has 0 unspecified atom stereocenters. The van der Waals surface area contributed by atoms with Crippen molar-refractivity contribution in [3.8, 4) is 0 Å². The van der Waals surface area contributed by atoms with E-state index >= 15 is 0 Å². The van der Waals surface area contributed by atoms with Crippen molar-refractivity contribution in [1.82, 2.24) is 10.3 Å². The number of methoxy groups -OCH3 is 1. The van der Waals surface area contributed by atoms with E-state index in [-0.39, 0.29) is 5.91 Å². The lowest BCUT2D eigenvalue weighted by Gasteiger charge is -2.08. The third-order valence-corrected chi connectivity index (χ3v) is 5.55. The Labute approximate surface area is 224 Å². The highest BCUT2D eigenvalue weighted by molar-refractivity contribution is 5.85. The number of carbonyl (C=O) groups is 2. The van der Waals surface area contributed by atoms with Gasteiger partial charge in [-0.15, -0.1) is 0 Å². The van der Waals surface area contributed by atoms with E-state index < -0.39 is 0 Å². The molecule has 0 saturated heterocycles. The van der Waals surface area contributed by atoms with Gasteiger partial charge >= 0.3 is 0 Å². The fraction of sp³-hybridized carbons (Fsp3) is 0.406. The van der Waals surface area contributed by atoms with Crippen molar-refractivity contribution in [2.45, 2.75) is 81.2 Å². The number of Topliss-reactive ketones (excluding diaryl/α,β-unsaturated/α-hetero) is 1. The van der Waals surface area contributed by atoms with E-state index in [4.69, 9.17) is 4.74 Å². The van der Waals surface area contributed by atoms with E-state index in [2.05, 4.69) is 55.9 Å². The predicted molar refractivity (Wildman–Crippen MR) is 158 cm³/mol. The molecule has 37 heavy (non-hydrogen) atoms. The van der Waals surface area contributed by atoms with E-state index in [1.807, 2.05) is 51.2 Å². The average Bonchev–Trinajstić information content (AvgIpc) is 2.89. The molecule has 1 heterocycles. The van der Waals surface area contributed by atoms with Crippen LogP contribution in [-0.4, -0.2) is 23.8 Å². The molecule has 0 spiro atoms. The number of fused-ring (bicyclic) bond motifs is 1. The Morgan fingerprint density at radius 1 is 1.00 bits per heavy atom. The molecule has 3 rings (SSSR count). The van der Waals surface area contributed by atoms with Gasteiger partial charge in [-0.25, -0.2) is 0 Å². The zero-order chi connectivity index (χ0) is 28.4. The number of carbonyl (C=O) groups excluding carboxylic acids is 2. The first kappa shape index (κ1) is 33.5. The lowest BCUT2D eigenvalue weighted by atomic mass is 10.0. The number of hydrogen-bond acceptors (Lipinski definition) is 4. The van der Waals surface area contributed by atoms with Crippen LogP contribution < -0.4 is 5.32 Å². The molecule has 1 amide bonds. The van der Waals surface area contributed by atoms with Gasteiger partial charge in [0.05, 0.1) is 7.11 Å². The van der Waals surface area contributed by atoms with Gasteiger partial charge in [-0.05, 0) is 68.3 Å². The van der Waals surface area contributed by atoms with Crippen molar-refractivity contribution >= 4 is 28.2 Å². The molecular formula is C32H46N2O3. The minimum absolute atomic E-state index is 0.0147. The van der Waals surface area contributed by atoms with Crippen LogP contribution in [0.4, 0.5) is 0 Å². The summed E-state index contributed by atoms with van der Waals surface area (Å²) >= 11 is 0.